The summed E-state index contributed by atoms with van der Waals surface area (Å²) in [4.78, 5) is 39.2. The fourth-order valence-corrected chi connectivity index (χ4v) is 3.32. The fraction of sp³-hybridized carbons (Fsp3) is 0.400. The van der Waals surface area contributed by atoms with Gasteiger partial charge in [-0.3, -0.25) is 9.59 Å². The molecule has 0 N–H and O–H groups in total. The predicted molar refractivity (Wildman–Crippen MR) is 81.1 cm³/mol. The Morgan fingerprint density at radius 2 is 2.09 bits per heavy atom. The minimum Gasteiger partial charge on any atom is -0.439 e. The van der Waals surface area contributed by atoms with Crippen LogP contribution in [-0.4, -0.2) is 53.4 Å². The average Bonchev–Trinajstić information content (AvgIpc) is 3.15. The molecule has 2 aliphatic heterocycles. The third kappa shape index (κ3) is 3.04. The number of hydrogen-bond donors (Lipinski definition) is 0. The number of ether oxygens (including phenoxy) is 1. The van der Waals surface area contributed by atoms with Crippen molar-refractivity contribution in [3.63, 3.8) is 0 Å². The highest BCUT2D eigenvalue weighted by Gasteiger charge is 2.38. The maximum atomic E-state index is 12.1. The Morgan fingerprint density at radius 3 is 2.68 bits per heavy atom. The minimum absolute atomic E-state index is 0.0397. The molecule has 0 bridgehead atoms. The van der Waals surface area contributed by atoms with Gasteiger partial charge in [0.05, 0.1) is 0 Å². The molecule has 0 radical (unpaired) electrons. The summed E-state index contributed by atoms with van der Waals surface area (Å²) in [5.41, 5.74) is 0. The minimum atomic E-state index is -0.563. The molecule has 116 valence electrons. The van der Waals surface area contributed by atoms with E-state index in [0.717, 1.165) is 4.88 Å². The molecule has 0 aliphatic carbocycles. The van der Waals surface area contributed by atoms with Crippen molar-refractivity contribution in [2.24, 2.45) is 0 Å². The van der Waals surface area contributed by atoms with Crippen LogP contribution in [0.3, 0.4) is 0 Å². The summed E-state index contributed by atoms with van der Waals surface area (Å²) in [7, 11) is 0. The number of thiophene rings is 1. The molecule has 0 aromatic carbocycles. The van der Waals surface area contributed by atoms with Gasteiger partial charge in [0.15, 0.2) is 6.61 Å². The zero-order chi connectivity index (χ0) is 15.5. The van der Waals surface area contributed by atoms with Crippen molar-refractivity contribution in [1.29, 1.82) is 0 Å². The van der Waals surface area contributed by atoms with E-state index in [1.807, 2.05) is 17.5 Å². The third-order valence-electron chi connectivity index (χ3n) is 3.86. The van der Waals surface area contributed by atoms with Gasteiger partial charge >= 0.3 is 6.09 Å². The van der Waals surface area contributed by atoms with Crippen LogP contribution in [0.25, 0.3) is 6.08 Å². The number of piperidine rings is 1. The Bertz CT molecular complexity index is 587. The van der Waals surface area contributed by atoms with Crippen LogP contribution >= 0.6 is 11.3 Å². The lowest BCUT2D eigenvalue weighted by Crippen LogP contribution is -2.48. The lowest BCUT2D eigenvalue weighted by molar-refractivity contribution is -0.129. The lowest BCUT2D eigenvalue weighted by Gasteiger charge is -2.34. The average molecular weight is 320 g/mol. The zero-order valence-electron chi connectivity index (χ0n) is 11.9. The molecule has 2 fully saturated rings. The first-order valence-electron chi connectivity index (χ1n) is 7.14. The van der Waals surface area contributed by atoms with Gasteiger partial charge in [-0.15, -0.1) is 11.3 Å². The maximum absolute atomic E-state index is 12.1. The van der Waals surface area contributed by atoms with Crippen LogP contribution in [-0.2, 0) is 14.3 Å². The number of carbonyl (C=O) groups is 3. The molecule has 1 aromatic rings. The van der Waals surface area contributed by atoms with Crippen LogP contribution in [0, 0.1) is 0 Å². The standard InChI is InChI=1S/C15H16N2O4S/c18-13(4-3-12-2-1-9-22-12)16-7-5-11(6-8-16)17-14(19)10-21-15(17)20/h1-4,9,11H,5-8,10H2/b4-3+. The Morgan fingerprint density at radius 1 is 1.32 bits per heavy atom. The molecule has 22 heavy (non-hydrogen) atoms. The highest BCUT2D eigenvalue weighted by molar-refractivity contribution is 7.10. The van der Waals surface area contributed by atoms with Crippen molar-refractivity contribution in [1.82, 2.24) is 9.80 Å². The second kappa shape index (κ2) is 6.31. The summed E-state index contributed by atoms with van der Waals surface area (Å²) < 4.78 is 4.73. The van der Waals surface area contributed by atoms with Crippen molar-refractivity contribution in [2.45, 2.75) is 18.9 Å². The second-order valence-corrected chi connectivity index (χ2v) is 6.20. The Kier molecular flexibility index (Phi) is 4.24. The first-order chi connectivity index (χ1) is 10.6. The number of carbonyl (C=O) groups excluding carboxylic acids is 3. The zero-order valence-corrected chi connectivity index (χ0v) is 12.8. The van der Waals surface area contributed by atoms with E-state index in [1.165, 1.54) is 4.90 Å². The second-order valence-electron chi connectivity index (χ2n) is 5.22. The van der Waals surface area contributed by atoms with Gasteiger partial charge in [0, 0.05) is 30.1 Å². The van der Waals surface area contributed by atoms with Crippen molar-refractivity contribution >= 4 is 35.3 Å². The molecule has 0 saturated carbocycles. The summed E-state index contributed by atoms with van der Waals surface area (Å²) in [5, 5.41) is 1.96. The molecule has 0 spiro atoms. The van der Waals surface area contributed by atoms with Crippen molar-refractivity contribution in [2.75, 3.05) is 19.7 Å². The van der Waals surface area contributed by atoms with Gasteiger partial charge < -0.3 is 9.64 Å². The van der Waals surface area contributed by atoms with Gasteiger partial charge in [-0.2, -0.15) is 0 Å². The van der Waals surface area contributed by atoms with Crippen molar-refractivity contribution in [3.8, 4) is 0 Å². The van der Waals surface area contributed by atoms with Crippen LogP contribution < -0.4 is 0 Å². The molecule has 7 heteroatoms. The van der Waals surface area contributed by atoms with Crippen LogP contribution in [0.15, 0.2) is 23.6 Å². The summed E-state index contributed by atoms with van der Waals surface area (Å²) in [6.07, 6.45) is 4.01. The molecule has 0 unspecified atom stereocenters. The quantitative estimate of drug-likeness (QED) is 0.796. The number of rotatable bonds is 3. The van der Waals surface area contributed by atoms with Gasteiger partial charge in [0.1, 0.15) is 0 Å². The third-order valence-corrected chi connectivity index (χ3v) is 4.70. The van der Waals surface area contributed by atoms with Crippen LogP contribution in [0.4, 0.5) is 4.79 Å². The van der Waals surface area contributed by atoms with Crippen LogP contribution in [0.5, 0.6) is 0 Å². The number of amides is 3. The molecule has 2 aliphatic rings. The molecule has 0 atom stereocenters. The Balaban J connectivity index is 1.54. The highest BCUT2D eigenvalue weighted by Crippen LogP contribution is 2.21. The smallest absolute Gasteiger partial charge is 0.417 e. The topological polar surface area (TPSA) is 66.9 Å². The van der Waals surface area contributed by atoms with Crippen LogP contribution in [0.2, 0.25) is 0 Å². The molecule has 2 saturated heterocycles. The van der Waals surface area contributed by atoms with Gasteiger partial charge in [-0.05, 0) is 30.4 Å². The van der Waals surface area contributed by atoms with E-state index in [4.69, 9.17) is 4.74 Å². The Labute approximate surface area is 132 Å². The van der Waals surface area contributed by atoms with E-state index in [-0.39, 0.29) is 24.5 Å². The maximum Gasteiger partial charge on any atom is 0.417 e. The highest BCUT2D eigenvalue weighted by atomic mass is 32.1. The van der Waals surface area contributed by atoms with Crippen molar-refractivity contribution < 1.29 is 19.1 Å². The van der Waals surface area contributed by atoms with Gasteiger partial charge in [0.2, 0.25) is 5.91 Å². The van der Waals surface area contributed by atoms with E-state index in [9.17, 15) is 14.4 Å². The SMILES string of the molecule is O=C(/C=C/c1cccs1)N1CCC(N2C(=O)COC2=O)CC1. The summed E-state index contributed by atoms with van der Waals surface area (Å²) in [6, 6.07) is 3.73. The normalized spacial score (nSPS) is 20.0. The molecular weight excluding hydrogens is 304 g/mol. The molecular formula is C15H16N2O4S. The van der Waals surface area contributed by atoms with E-state index in [2.05, 4.69) is 0 Å². The predicted octanol–water partition coefficient (Wildman–Crippen LogP) is 1.73. The summed E-state index contributed by atoms with van der Waals surface area (Å²) in [5.74, 6) is -0.324. The molecule has 6 nitrogen and oxygen atoms in total. The van der Waals surface area contributed by atoms with E-state index < -0.39 is 6.09 Å². The first-order valence-corrected chi connectivity index (χ1v) is 8.02. The van der Waals surface area contributed by atoms with Crippen LogP contribution in [0.1, 0.15) is 17.7 Å². The van der Waals surface area contributed by atoms with E-state index >= 15 is 0 Å². The molecule has 3 heterocycles. The van der Waals surface area contributed by atoms with Gasteiger partial charge in [-0.25, -0.2) is 9.69 Å². The van der Waals surface area contributed by atoms with Crippen molar-refractivity contribution in [3.05, 3.63) is 28.5 Å². The number of cyclic esters (lactones) is 1. The lowest BCUT2D eigenvalue weighted by atomic mass is 10.0. The first kappa shape index (κ1) is 14.8. The number of likely N-dealkylation sites (tertiary alicyclic amines) is 1. The van der Waals surface area contributed by atoms with Gasteiger partial charge in [0.25, 0.3) is 5.91 Å². The Hall–Kier alpha value is -2.15. The number of imide groups is 1. The number of hydrogen-bond acceptors (Lipinski definition) is 5. The van der Waals surface area contributed by atoms with Gasteiger partial charge in [-0.1, -0.05) is 6.07 Å². The molecule has 1 aromatic heterocycles. The monoisotopic (exact) mass is 320 g/mol. The summed E-state index contributed by atoms with van der Waals surface area (Å²) >= 11 is 1.58. The van der Waals surface area contributed by atoms with E-state index in [0.29, 0.717) is 25.9 Å². The largest absolute Gasteiger partial charge is 0.439 e. The molecule has 3 rings (SSSR count). The van der Waals surface area contributed by atoms with E-state index in [1.54, 1.807) is 28.4 Å². The molecule has 3 amide bonds. The number of nitrogens with zero attached hydrogens (tertiary/aromatic N) is 2. The summed E-state index contributed by atoms with van der Waals surface area (Å²) in [6.45, 7) is 0.909. The fourth-order valence-electron chi connectivity index (χ4n) is 2.71.